The lowest BCUT2D eigenvalue weighted by Gasteiger charge is -2.05. The highest BCUT2D eigenvalue weighted by Crippen LogP contribution is 2.08. The lowest BCUT2D eigenvalue weighted by Crippen LogP contribution is -1.99. The Hall–Kier alpha value is -1.57. The largest absolute Gasteiger partial charge is 0.391 e. The molecule has 0 fully saturated rings. The fourth-order valence-corrected chi connectivity index (χ4v) is 1.54. The zero-order chi connectivity index (χ0) is 10.3. The Labute approximate surface area is 90.3 Å². The van der Waals surface area contributed by atoms with Gasteiger partial charge in [0.25, 0.3) is 0 Å². The van der Waals surface area contributed by atoms with Crippen molar-refractivity contribution in [1.29, 1.82) is 0 Å². The van der Waals surface area contributed by atoms with Gasteiger partial charge in [-0.05, 0) is 30.9 Å². The van der Waals surface area contributed by atoms with Crippen LogP contribution in [0.25, 0.3) is 0 Å². The van der Waals surface area contributed by atoms with Crippen LogP contribution in [0.3, 0.4) is 0 Å². The standard InChI is InChI=1S/C13H15NO/c1-3-7-12(8-4-1)11-15-14-13-9-5-2-6-10-13/h1,3-5,7-9H,2,6,10-11H2/b14-13+. The molecule has 0 bridgehead atoms. The summed E-state index contributed by atoms with van der Waals surface area (Å²) < 4.78 is 0. The molecule has 15 heavy (non-hydrogen) atoms. The van der Waals surface area contributed by atoms with Crippen LogP contribution in [-0.2, 0) is 11.4 Å². The van der Waals surface area contributed by atoms with Crippen LogP contribution in [0.1, 0.15) is 24.8 Å². The van der Waals surface area contributed by atoms with Gasteiger partial charge in [0.2, 0.25) is 0 Å². The van der Waals surface area contributed by atoms with E-state index in [1.54, 1.807) is 0 Å². The molecule has 1 aliphatic carbocycles. The first-order valence-corrected chi connectivity index (χ1v) is 5.34. The van der Waals surface area contributed by atoms with E-state index in [2.05, 4.69) is 17.3 Å². The monoisotopic (exact) mass is 201 g/mol. The first-order valence-electron chi connectivity index (χ1n) is 5.34. The number of hydrogen-bond acceptors (Lipinski definition) is 2. The Bertz CT molecular complexity index is 354. The minimum atomic E-state index is 0.554. The summed E-state index contributed by atoms with van der Waals surface area (Å²) in [5.41, 5.74) is 2.21. The molecule has 1 aromatic carbocycles. The predicted molar refractivity (Wildman–Crippen MR) is 61.7 cm³/mol. The smallest absolute Gasteiger partial charge is 0.142 e. The van der Waals surface area contributed by atoms with Crippen LogP contribution in [0.2, 0.25) is 0 Å². The van der Waals surface area contributed by atoms with Gasteiger partial charge >= 0.3 is 0 Å². The fraction of sp³-hybridized carbons (Fsp3) is 0.308. The predicted octanol–water partition coefficient (Wildman–Crippen LogP) is 3.30. The van der Waals surface area contributed by atoms with Crippen molar-refractivity contribution in [2.45, 2.75) is 25.9 Å². The van der Waals surface area contributed by atoms with Crippen LogP contribution in [0, 0.1) is 0 Å². The maximum atomic E-state index is 5.30. The molecule has 0 atom stereocenters. The molecule has 0 unspecified atom stereocenters. The molecule has 78 valence electrons. The minimum absolute atomic E-state index is 0.554. The summed E-state index contributed by atoms with van der Waals surface area (Å²) in [7, 11) is 0. The van der Waals surface area contributed by atoms with Gasteiger partial charge < -0.3 is 4.84 Å². The van der Waals surface area contributed by atoms with Gasteiger partial charge in [0, 0.05) is 0 Å². The molecular weight excluding hydrogens is 186 g/mol. The molecule has 0 spiro atoms. The number of benzene rings is 1. The van der Waals surface area contributed by atoms with Crippen molar-refractivity contribution in [3.63, 3.8) is 0 Å². The Kier molecular flexibility index (Phi) is 3.55. The first kappa shape index (κ1) is 9.97. The second kappa shape index (κ2) is 5.35. The molecule has 1 aromatic rings. The zero-order valence-electron chi connectivity index (χ0n) is 8.73. The van der Waals surface area contributed by atoms with Crippen LogP contribution >= 0.6 is 0 Å². The fourth-order valence-electron chi connectivity index (χ4n) is 1.54. The van der Waals surface area contributed by atoms with E-state index in [4.69, 9.17) is 4.84 Å². The maximum Gasteiger partial charge on any atom is 0.142 e. The number of rotatable bonds is 3. The zero-order valence-corrected chi connectivity index (χ0v) is 8.73. The van der Waals surface area contributed by atoms with E-state index in [1.165, 1.54) is 6.42 Å². The molecule has 0 saturated heterocycles. The summed E-state index contributed by atoms with van der Waals surface area (Å²) in [6.07, 6.45) is 7.58. The molecule has 0 aromatic heterocycles. The van der Waals surface area contributed by atoms with Gasteiger partial charge in [-0.1, -0.05) is 41.6 Å². The molecule has 2 heteroatoms. The van der Waals surface area contributed by atoms with Crippen molar-refractivity contribution in [2.24, 2.45) is 5.16 Å². The molecule has 0 N–H and O–H groups in total. The van der Waals surface area contributed by atoms with E-state index < -0.39 is 0 Å². The highest BCUT2D eigenvalue weighted by molar-refractivity contribution is 5.95. The number of hydrogen-bond donors (Lipinski definition) is 0. The topological polar surface area (TPSA) is 21.6 Å². The Morgan fingerprint density at radius 2 is 2.07 bits per heavy atom. The second-order valence-electron chi connectivity index (χ2n) is 3.64. The molecule has 2 nitrogen and oxygen atoms in total. The molecule has 0 heterocycles. The number of allylic oxidation sites excluding steroid dienone is 2. The van der Waals surface area contributed by atoms with Crippen molar-refractivity contribution < 1.29 is 4.84 Å². The SMILES string of the molecule is C1=C/C(=N\OCc2ccccc2)CCC1. The second-order valence-corrected chi connectivity index (χ2v) is 3.64. The third-order valence-electron chi connectivity index (χ3n) is 2.37. The summed E-state index contributed by atoms with van der Waals surface area (Å²) in [6, 6.07) is 10.1. The summed E-state index contributed by atoms with van der Waals surface area (Å²) >= 11 is 0. The van der Waals surface area contributed by atoms with Gasteiger partial charge in [-0.15, -0.1) is 0 Å². The molecule has 0 radical (unpaired) electrons. The molecular formula is C13H15NO. The lowest BCUT2D eigenvalue weighted by atomic mass is 10.1. The third-order valence-corrected chi connectivity index (χ3v) is 2.37. The van der Waals surface area contributed by atoms with E-state index in [1.807, 2.05) is 30.3 Å². The van der Waals surface area contributed by atoms with Crippen molar-refractivity contribution in [1.82, 2.24) is 0 Å². The minimum Gasteiger partial charge on any atom is -0.391 e. The average molecular weight is 201 g/mol. The highest BCUT2D eigenvalue weighted by Gasteiger charge is 2.00. The van der Waals surface area contributed by atoms with Crippen molar-refractivity contribution in [3.8, 4) is 0 Å². The van der Waals surface area contributed by atoms with Crippen LogP contribution in [0.4, 0.5) is 0 Å². The van der Waals surface area contributed by atoms with Gasteiger partial charge in [0.05, 0.1) is 5.71 Å². The summed E-state index contributed by atoms with van der Waals surface area (Å²) in [6.45, 7) is 0.554. The summed E-state index contributed by atoms with van der Waals surface area (Å²) in [5.74, 6) is 0. The van der Waals surface area contributed by atoms with Gasteiger partial charge in [-0.25, -0.2) is 0 Å². The Balaban J connectivity index is 1.84. The van der Waals surface area contributed by atoms with Crippen LogP contribution < -0.4 is 0 Å². The number of nitrogens with zero attached hydrogens (tertiary/aromatic N) is 1. The highest BCUT2D eigenvalue weighted by atomic mass is 16.6. The molecule has 0 saturated carbocycles. The van der Waals surface area contributed by atoms with Gasteiger partial charge in [-0.3, -0.25) is 0 Å². The molecule has 0 amide bonds. The van der Waals surface area contributed by atoms with Crippen LogP contribution in [0.15, 0.2) is 47.6 Å². The van der Waals surface area contributed by atoms with Gasteiger partial charge in [0.15, 0.2) is 0 Å². The molecule has 0 aliphatic heterocycles. The third kappa shape index (κ3) is 3.24. The van der Waals surface area contributed by atoms with Crippen molar-refractivity contribution in [3.05, 3.63) is 48.0 Å². The number of oxime groups is 1. The Morgan fingerprint density at radius 1 is 1.20 bits per heavy atom. The van der Waals surface area contributed by atoms with Crippen LogP contribution in [-0.4, -0.2) is 5.71 Å². The first-order chi connectivity index (χ1) is 7.45. The normalized spacial score (nSPS) is 18.0. The van der Waals surface area contributed by atoms with Crippen LogP contribution in [0.5, 0.6) is 0 Å². The van der Waals surface area contributed by atoms with Crippen molar-refractivity contribution in [2.75, 3.05) is 0 Å². The lowest BCUT2D eigenvalue weighted by molar-refractivity contribution is 0.130. The summed E-state index contributed by atoms with van der Waals surface area (Å²) in [4.78, 5) is 5.30. The van der Waals surface area contributed by atoms with Crippen molar-refractivity contribution >= 4 is 5.71 Å². The van der Waals surface area contributed by atoms with E-state index in [-0.39, 0.29) is 0 Å². The average Bonchev–Trinajstić information content (AvgIpc) is 2.32. The summed E-state index contributed by atoms with van der Waals surface area (Å²) in [5, 5.41) is 4.11. The van der Waals surface area contributed by atoms with E-state index in [9.17, 15) is 0 Å². The van der Waals surface area contributed by atoms with E-state index in [0.29, 0.717) is 6.61 Å². The maximum absolute atomic E-state index is 5.30. The molecule has 2 rings (SSSR count). The Morgan fingerprint density at radius 3 is 2.80 bits per heavy atom. The molecule has 1 aliphatic rings. The van der Waals surface area contributed by atoms with E-state index >= 15 is 0 Å². The van der Waals surface area contributed by atoms with E-state index in [0.717, 1.165) is 24.1 Å². The van der Waals surface area contributed by atoms with Gasteiger partial charge in [0.1, 0.15) is 6.61 Å². The quantitative estimate of drug-likeness (QED) is 0.687. The van der Waals surface area contributed by atoms with Gasteiger partial charge in [-0.2, -0.15) is 0 Å².